The van der Waals surface area contributed by atoms with Crippen LogP contribution in [0.5, 0.6) is 0 Å². The molecule has 1 aromatic carbocycles. The number of methoxy groups -OCH3 is 1. The average Bonchev–Trinajstić information content (AvgIpc) is 2.28. The van der Waals surface area contributed by atoms with Crippen molar-refractivity contribution in [3.05, 3.63) is 29.3 Å². The lowest BCUT2D eigenvalue weighted by Gasteiger charge is -2.10. The zero-order valence-corrected chi connectivity index (χ0v) is 10.3. The van der Waals surface area contributed by atoms with Crippen LogP contribution in [0.1, 0.15) is 15.9 Å². The molecular formula is C11H11F3O3S. The predicted molar refractivity (Wildman–Crippen MR) is 61.0 cm³/mol. The third-order valence-electron chi connectivity index (χ3n) is 2.08. The van der Waals surface area contributed by atoms with E-state index in [2.05, 4.69) is 0 Å². The van der Waals surface area contributed by atoms with Crippen molar-refractivity contribution >= 4 is 17.7 Å². The van der Waals surface area contributed by atoms with E-state index in [-0.39, 0.29) is 5.56 Å². The number of carboxylic acids is 1. The molecule has 0 heterocycles. The van der Waals surface area contributed by atoms with Gasteiger partial charge in [0.15, 0.2) is 0 Å². The Hall–Kier alpha value is -1.21. The highest BCUT2D eigenvalue weighted by Gasteiger charge is 2.31. The van der Waals surface area contributed by atoms with Crippen LogP contribution >= 0.6 is 11.8 Å². The van der Waals surface area contributed by atoms with Gasteiger partial charge in [-0.05, 0) is 18.2 Å². The molecule has 18 heavy (non-hydrogen) atoms. The van der Waals surface area contributed by atoms with Crippen LogP contribution in [-0.4, -0.2) is 30.5 Å². The van der Waals surface area contributed by atoms with Gasteiger partial charge in [-0.25, -0.2) is 4.79 Å². The molecule has 0 fully saturated rings. The van der Waals surface area contributed by atoms with Crippen molar-refractivity contribution in [2.24, 2.45) is 0 Å². The van der Waals surface area contributed by atoms with E-state index in [1.807, 2.05) is 0 Å². The highest BCUT2D eigenvalue weighted by molar-refractivity contribution is 7.99. The smallest absolute Gasteiger partial charge is 0.416 e. The maximum absolute atomic E-state index is 12.4. The molecule has 1 aromatic rings. The first-order valence-electron chi connectivity index (χ1n) is 4.92. The van der Waals surface area contributed by atoms with Crippen LogP contribution in [0.3, 0.4) is 0 Å². The lowest BCUT2D eigenvalue weighted by molar-refractivity contribution is -0.137. The maximum atomic E-state index is 12.4. The van der Waals surface area contributed by atoms with E-state index in [1.165, 1.54) is 13.2 Å². The third kappa shape index (κ3) is 3.92. The van der Waals surface area contributed by atoms with Crippen LogP contribution in [0.15, 0.2) is 23.1 Å². The zero-order valence-electron chi connectivity index (χ0n) is 9.45. The van der Waals surface area contributed by atoms with Gasteiger partial charge in [-0.15, -0.1) is 11.8 Å². The van der Waals surface area contributed by atoms with E-state index in [4.69, 9.17) is 9.84 Å². The molecule has 0 saturated carbocycles. The summed E-state index contributed by atoms with van der Waals surface area (Å²) in [5.74, 6) is -0.900. The molecule has 0 aliphatic carbocycles. The number of carboxylic acid groups (broad SMARTS) is 1. The van der Waals surface area contributed by atoms with Gasteiger partial charge in [-0.1, -0.05) is 0 Å². The highest BCUT2D eigenvalue weighted by atomic mass is 32.2. The quantitative estimate of drug-likeness (QED) is 0.665. The Kier molecular flexibility index (Phi) is 5.03. The molecule has 0 saturated heterocycles. The van der Waals surface area contributed by atoms with Crippen LogP contribution in [0.25, 0.3) is 0 Å². The Bertz CT molecular complexity index is 432. The van der Waals surface area contributed by atoms with Gasteiger partial charge in [-0.2, -0.15) is 13.2 Å². The number of carbonyl (C=O) groups is 1. The first kappa shape index (κ1) is 14.8. The maximum Gasteiger partial charge on any atom is 0.416 e. The van der Waals surface area contributed by atoms with E-state index < -0.39 is 17.7 Å². The molecule has 0 unspecified atom stereocenters. The first-order valence-corrected chi connectivity index (χ1v) is 5.91. The van der Waals surface area contributed by atoms with E-state index in [0.29, 0.717) is 23.3 Å². The number of benzene rings is 1. The molecule has 1 N–H and O–H groups in total. The summed E-state index contributed by atoms with van der Waals surface area (Å²) in [7, 11) is 1.49. The van der Waals surface area contributed by atoms with E-state index in [0.717, 1.165) is 17.8 Å². The normalized spacial score (nSPS) is 11.6. The lowest BCUT2D eigenvalue weighted by atomic mass is 10.1. The summed E-state index contributed by atoms with van der Waals surface area (Å²) in [4.78, 5) is 11.2. The average molecular weight is 280 g/mol. The van der Waals surface area contributed by atoms with Crippen molar-refractivity contribution in [3.63, 3.8) is 0 Å². The molecular weight excluding hydrogens is 269 g/mol. The van der Waals surface area contributed by atoms with Crippen LogP contribution in [0.4, 0.5) is 13.2 Å². The summed E-state index contributed by atoms with van der Waals surface area (Å²) in [6.07, 6.45) is -4.54. The highest BCUT2D eigenvalue weighted by Crippen LogP contribution is 2.33. The molecule has 1 rings (SSSR count). The van der Waals surface area contributed by atoms with Crippen LogP contribution < -0.4 is 0 Å². The minimum atomic E-state index is -4.54. The number of thioether (sulfide) groups is 1. The molecule has 0 spiro atoms. The minimum absolute atomic E-state index is 0.299. The van der Waals surface area contributed by atoms with E-state index in [9.17, 15) is 18.0 Å². The largest absolute Gasteiger partial charge is 0.478 e. The number of halogens is 3. The lowest BCUT2D eigenvalue weighted by Crippen LogP contribution is -2.08. The molecule has 0 atom stereocenters. The second-order valence-electron chi connectivity index (χ2n) is 3.36. The molecule has 0 aliphatic heterocycles. The van der Waals surface area contributed by atoms with Crippen LogP contribution in [0.2, 0.25) is 0 Å². The number of aromatic carboxylic acids is 1. The Morgan fingerprint density at radius 3 is 2.61 bits per heavy atom. The molecule has 100 valence electrons. The molecule has 0 aliphatic rings. The van der Waals surface area contributed by atoms with Gasteiger partial charge < -0.3 is 9.84 Å². The number of hydrogen-bond acceptors (Lipinski definition) is 3. The Labute approximate surface area is 106 Å². The molecule has 0 amide bonds. The van der Waals surface area contributed by atoms with Gasteiger partial charge in [0.1, 0.15) is 0 Å². The van der Waals surface area contributed by atoms with Crippen molar-refractivity contribution in [3.8, 4) is 0 Å². The molecule has 0 bridgehead atoms. The van der Waals surface area contributed by atoms with Gasteiger partial charge in [0.05, 0.1) is 17.7 Å². The van der Waals surface area contributed by atoms with Gasteiger partial charge >= 0.3 is 12.1 Å². The van der Waals surface area contributed by atoms with Gasteiger partial charge in [0.2, 0.25) is 0 Å². The fraction of sp³-hybridized carbons (Fsp3) is 0.364. The van der Waals surface area contributed by atoms with Crippen molar-refractivity contribution < 1.29 is 27.8 Å². The second-order valence-corrected chi connectivity index (χ2v) is 4.49. The summed E-state index contributed by atoms with van der Waals surface area (Å²) in [5.41, 5.74) is -1.30. The summed E-state index contributed by atoms with van der Waals surface area (Å²) in [6, 6.07) is 2.70. The van der Waals surface area contributed by atoms with Gasteiger partial charge in [0.25, 0.3) is 0 Å². The SMILES string of the molecule is COCCSc1ccc(C(F)(F)F)cc1C(=O)O. The van der Waals surface area contributed by atoms with E-state index in [1.54, 1.807) is 0 Å². The summed E-state index contributed by atoms with van der Waals surface area (Å²) in [5, 5.41) is 8.90. The fourth-order valence-corrected chi connectivity index (χ4v) is 2.17. The number of ether oxygens (including phenoxy) is 1. The standard InChI is InChI=1S/C11H11F3O3S/c1-17-4-5-18-9-3-2-7(11(12,13)14)6-8(9)10(15)16/h2-3,6H,4-5H2,1H3,(H,15,16). The number of alkyl halides is 3. The Morgan fingerprint density at radius 1 is 1.44 bits per heavy atom. The Balaban J connectivity index is 3.01. The van der Waals surface area contributed by atoms with Crippen molar-refractivity contribution in [1.82, 2.24) is 0 Å². The summed E-state index contributed by atoms with van der Waals surface area (Å²) in [6.45, 7) is 0.394. The van der Waals surface area contributed by atoms with Gasteiger partial charge in [-0.3, -0.25) is 0 Å². The van der Waals surface area contributed by atoms with Crippen LogP contribution in [0, 0.1) is 0 Å². The third-order valence-corrected chi connectivity index (χ3v) is 3.12. The zero-order chi connectivity index (χ0) is 13.8. The first-order chi connectivity index (χ1) is 8.36. The second kappa shape index (κ2) is 6.10. The van der Waals surface area contributed by atoms with Crippen molar-refractivity contribution in [2.45, 2.75) is 11.1 Å². The fourth-order valence-electron chi connectivity index (χ4n) is 1.23. The Morgan fingerprint density at radius 2 is 2.11 bits per heavy atom. The number of rotatable bonds is 5. The van der Waals surface area contributed by atoms with Gasteiger partial charge in [0, 0.05) is 17.8 Å². The number of hydrogen-bond donors (Lipinski definition) is 1. The summed E-state index contributed by atoms with van der Waals surface area (Å²) >= 11 is 1.15. The van der Waals surface area contributed by atoms with Crippen molar-refractivity contribution in [2.75, 3.05) is 19.5 Å². The molecule has 3 nitrogen and oxygen atoms in total. The summed E-state index contributed by atoms with van der Waals surface area (Å²) < 4.78 is 42.1. The predicted octanol–water partition coefficient (Wildman–Crippen LogP) is 3.14. The topological polar surface area (TPSA) is 46.5 Å². The minimum Gasteiger partial charge on any atom is -0.478 e. The van der Waals surface area contributed by atoms with E-state index >= 15 is 0 Å². The molecule has 7 heteroatoms. The van der Waals surface area contributed by atoms with Crippen molar-refractivity contribution in [1.29, 1.82) is 0 Å². The monoisotopic (exact) mass is 280 g/mol. The molecule has 0 aromatic heterocycles. The van der Waals surface area contributed by atoms with Crippen LogP contribution in [-0.2, 0) is 10.9 Å². The molecule has 0 radical (unpaired) electrons.